The molecule has 1 N–H and O–H groups in total. The lowest BCUT2D eigenvalue weighted by Gasteiger charge is -2.36. The van der Waals surface area contributed by atoms with Crippen LogP contribution in [0.15, 0.2) is 48.5 Å². The van der Waals surface area contributed by atoms with Gasteiger partial charge >= 0.3 is 6.03 Å². The summed E-state index contributed by atoms with van der Waals surface area (Å²) < 4.78 is 14.1. The summed E-state index contributed by atoms with van der Waals surface area (Å²) in [5.74, 6) is 0.0129. The zero-order chi connectivity index (χ0) is 21.8. The van der Waals surface area contributed by atoms with Gasteiger partial charge in [-0.3, -0.25) is 4.79 Å². The normalized spacial score (nSPS) is 19.3. The van der Waals surface area contributed by atoms with Crippen LogP contribution in [0.25, 0.3) is 0 Å². The number of nitrogens with one attached hydrogen (secondary N) is 1. The minimum absolute atomic E-state index is 0.00833. The van der Waals surface area contributed by atoms with Gasteiger partial charge in [0.25, 0.3) is 5.91 Å². The second-order valence-corrected chi connectivity index (χ2v) is 8.20. The number of rotatable bonds is 3. The van der Waals surface area contributed by atoms with Gasteiger partial charge in [-0.1, -0.05) is 24.3 Å². The van der Waals surface area contributed by atoms with E-state index in [0.29, 0.717) is 44.0 Å². The Morgan fingerprint density at radius 2 is 1.74 bits per heavy atom. The van der Waals surface area contributed by atoms with Crippen molar-refractivity contribution in [2.45, 2.75) is 18.8 Å². The number of piperazine rings is 1. The Kier molecular flexibility index (Phi) is 6.39. The van der Waals surface area contributed by atoms with Crippen molar-refractivity contribution < 1.29 is 14.0 Å². The van der Waals surface area contributed by atoms with E-state index in [9.17, 15) is 14.0 Å². The topological polar surface area (TPSA) is 55.9 Å². The van der Waals surface area contributed by atoms with Crippen LogP contribution in [0.2, 0.25) is 0 Å². The maximum atomic E-state index is 14.1. The van der Waals surface area contributed by atoms with Crippen LogP contribution in [-0.4, -0.2) is 68.1 Å². The quantitative estimate of drug-likeness (QED) is 0.823. The molecule has 31 heavy (non-hydrogen) atoms. The number of urea groups is 1. The highest BCUT2D eigenvalue weighted by atomic mass is 19.1. The smallest absolute Gasteiger partial charge is 0.317 e. The third-order valence-corrected chi connectivity index (χ3v) is 6.29. The van der Waals surface area contributed by atoms with E-state index in [2.05, 4.69) is 5.32 Å². The molecule has 6 nitrogen and oxygen atoms in total. The number of likely N-dealkylation sites (tertiary alicyclic amines) is 1. The summed E-state index contributed by atoms with van der Waals surface area (Å²) >= 11 is 0. The van der Waals surface area contributed by atoms with Gasteiger partial charge in [-0.15, -0.1) is 0 Å². The van der Waals surface area contributed by atoms with Crippen LogP contribution in [0.4, 0.5) is 14.9 Å². The van der Waals surface area contributed by atoms with E-state index in [-0.39, 0.29) is 23.7 Å². The maximum absolute atomic E-state index is 14.1. The molecule has 0 radical (unpaired) electrons. The number of carbonyl (C=O) groups excluding carboxylic acids is 2. The Hall–Kier alpha value is -3.09. The van der Waals surface area contributed by atoms with E-state index < -0.39 is 0 Å². The summed E-state index contributed by atoms with van der Waals surface area (Å²) in [7, 11) is 1.65. The summed E-state index contributed by atoms with van der Waals surface area (Å²) in [5.41, 5.74) is 2.37. The van der Waals surface area contributed by atoms with E-state index in [1.807, 2.05) is 45.0 Å². The first-order valence-corrected chi connectivity index (χ1v) is 10.9. The number of hydrogen-bond acceptors (Lipinski definition) is 3. The number of piperidine rings is 1. The van der Waals surface area contributed by atoms with Gasteiger partial charge in [0.1, 0.15) is 5.82 Å². The molecule has 1 atom stereocenters. The van der Waals surface area contributed by atoms with Gasteiger partial charge in [0.15, 0.2) is 0 Å². The molecule has 2 fully saturated rings. The molecule has 2 aromatic rings. The molecule has 2 aliphatic rings. The van der Waals surface area contributed by atoms with Crippen molar-refractivity contribution in [3.63, 3.8) is 0 Å². The largest absolute Gasteiger partial charge is 0.366 e. The zero-order valence-electron chi connectivity index (χ0n) is 17.9. The summed E-state index contributed by atoms with van der Waals surface area (Å²) in [5, 5.41) is 2.70. The van der Waals surface area contributed by atoms with Crippen LogP contribution in [0.1, 0.15) is 34.7 Å². The Morgan fingerprint density at radius 3 is 2.48 bits per heavy atom. The second-order valence-electron chi connectivity index (χ2n) is 8.20. The second kappa shape index (κ2) is 9.37. The highest BCUT2D eigenvalue weighted by Gasteiger charge is 2.26. The van der Waals surface area contributed by atoms with Crippen molar-refractivity contribution in [2.75, 3.05) is 51.2 Å². The Bertz CT molecular complexity index is 943. The molecule has 2 heterocycles. The summed E-state index contributed by atoms with van der Waals surface area (Å²) in [4.78, 5) is 30.8. The van der Waals surface area contributed by atoms with Crippen molar-refractivity contribution in [1.82, 2.24) is 15.1 Å². The van der Waals surface area contributed by atoms with Gasteiger partial charge < -0.3 is 20.0 Å². The number of carbonyl (C=O) groups is 2. The molecule has 164 valence electrons. The number of para-hydroxylation sites is 1. The third-order valence-electron chi connectivity index (χ3n) is 6.29. The van der Waals surface area contributed by atoms with Gasteiger partial charge in [-0.2, -0.15) is 0 Å². The predicted molar refractivity (Wildman–Crippen MR) is 119 cm³/mol. The van der Waals surface area contributed by atoms with Crippen LogP contribution >= 0.6 is 0 Å². The molecule has 0 aliphatic carbocycles. The van der Waals surface area contributed by atoms with Gasteiger partial charge in [0.05, 0.1) is 5.69 Å². The first-order valence-electron chi connectivity index (χ1n) is 10.9. The number of anilines is 1. The molecule has 0 unspecified atom stereocenters. The highest BCUT2D eigenvalue weighted by molar-refractivity contribution is 5.94. The molecular weight excluding hydrogens is 395 g/mol. The standard InChI is InChI=1S/C24H29FN4O2/c1-26-24(31)29-11-5-8-20(17-29)18-6-4-7-19(16-18)23(30)28-14-12-27(13-15-28)22-10-3-2-9-21(22)25/h2-4,6-7,9-10,16,20H,5,8,11-15,17H2,1H3,(H,26,31)/t20-/m1/s1. The number of benzene rings is 2. The monoisotopic (exact) mass is 424 g/mol. The summed E-state index contributed by atoms with van der Waals surface area (Å²) in [6, 6.07) is 14.5. The molecule has 2 aliphatic heterocycles. The van der Waals surface area contributed by atoms with E-state index in [1.165, 1.54) is 6.07 Å². The summed E-state index contributed by atoms with van der Waals surface area (Å²) in [6.07, 6.45) is 1.96. The third kappa shape index (κ3) is 4.65. The molecule has 0 saturated carbocycles. The minimum atomic E-state index is -0.228. The van der Waals surface area contributed by atoms with Crippen LogP contribution < -0.4 is 10.2 Å². The van der Waals surface area contributed by atoms with Crippen molar-refractivity contribution in [3.05, 3.63) is 65.5 Å². The minimum Gasteiger partial charge on any atom is -0.366 e. The predicted octanol–water partition coefficient (Wildman–Crippen LogP) is 3.31. The lowest BCUT2D eigenvalue weighted by molar-refractivity contribution is 0.0746. The van der Waals surface area contributed by atoms with Crippen molar-refractivity contribution in [3.8, 4) is 0 Å². The van der Waals surface area contributed by atoms with E-state index >= 15 is 0 Å². The van der Waals surface area contributed by atoms with Crippen molar-refractivity contribution >= 4 is 17.6 Å². The fourth-order valence-electron chi connectivity index (χ4n) is 4.56. The van der Waals surface area contributed by atoms with Gasteiger partial charge in [0, 0.05) is 57.8 Å². The van der Waals surface area contributed by atoms with Crippen molar-refractivity contribution in [1.29, 1.82) is 0 Å². The van der Waals surface area contributed by atoms with Crippen LogP contribution in [0.3, 0.4) is 0 Å². The first kappa shape index (κ1) is 21.2. The average molecular weight is 425 g/mol. The summed E-state index contributed by atoms with van der Waals surface area (Å²) in [6.45, 7) is 3.77. The maximum Gasteiger partial charge on any atom is 0.317 e. The zero-order valence-corrected chi connectivity index (χ0v) is 17.9. The van der Waals surface area contributed by atoms with E-state index in [1.54, 1.807) is 19.2 Å². The highest BCUT2D eigenvalue weighted by Crippen LogP contribution is 2.28. The van der Waals surface area contributed by atoms with E-state index in [4.69, 9.17) is 0 Å². The Balaban J connectivity index is 1.41. The Labute approximate surface area is 182 Å². The van der Waals surface area contributed by atoms with Crippen molar-refractivity contribution in [2.24, 2.45) is 0 Å². The van der Waals surface area contributed by atoms with Gasteiger partial charge in [-0.25, -0.2) is 9.18 Å². The number of nitrogens with zero attached hydrogens (tertiary/aromatic N) is 3. The SMILES string of the molecule is CNC(=O)N1CCC[C@@H](c2cccc(C(=O)N3CCN(c4ccccc4F)CC3)c2)C1. The Morgan fingerprint density at radius 1 is 0.968 bits per heavy atom. The number of amides is 3. The number of hydrogen-bond donors (Lipinski definition) is 1. The molecular formula is C24H29FN4O2. The molecule has 0 aromatic heterocycles. The molecule has 0 bridgehead atoms. The molecule has 0 spiro atoms. The number of halogens is 1. The fourth-order valence-corrected chi connectivity index (χ4v) is 4.56. The van der Waals surface area contributed by atoms with E-state index in [0.717, 1.165) is 24.9 Å². The molecule has 3 amide bonds. The molecule has 7 heteroatoms. The molecule has 2 aromatic carbocycles. The fraction of sp³-hybridized carbons (Fsp3) is 0.417. The van der Waals surface area contributed by atoms with Gasteiger partial charge in [0.2, 0.25) is 0 Å². The van der Waals surface area contributed by atoms with Crippen LogP contribution in [0, 0.1) is 5.82 Å². The van der Waals surface area contributed by atoms with Crippen LogP contribution in [-0.2, 0) is 0 Å². The van der Waals surface area contributed by atoms with Crippen LogP contribution in [0.5, 0.6) is 0 Å². The molecule has 2 saturated heterocycles. The first-order chi connectivity index (χ1) is 15.1. The van der Waals surface area contributed by atoms with Gasteiger partial charge in [-0.05, 0) is 42.7 Å². The lowest BCUT2D eigenvalue weighted by Crippen LogP contribution is -2.49. The lowest BCUT2D eigenvalue weighted by atomic mass is 9.89. The average Bonchev–Trinajstić information content (AvgIpc) is 2.83. The molecule has 4 rings (SSSR count).